The Hall–Kier alpha value is -2.04. The Morgan fingerprint density at radius 1 is 1.41 bits per heavy atom. The Bertz CT molecular complexity index is 525. The van der Waals surface area contributed by atoms with E-state index in [1.54, 1.807) is 7.11 Å². The Kier molecular flexibility index (Phi) is 2.07. The van der Waals surface area contributed by atoms with Gasteiger partial charge in [-0.25, -0.2) is 4.99 Å². The molecule has 2 atom stereocenters. The van der Waals surface area contributed by atoms with E-state index >= 15 is 0 Å². The summed E-state index contributed by atoms with van der Waals surface area (Å²) in [6, 6.07) is 3.91. The van der Waals surface area contributed by atoms with E-state index < -0.39 is 0 Å². The average molecular weight is 231 g/mol. The molecular weight excluding hydrogens is 218 g/mol. The lowest BCUT2D eigenvalue weighted by Gasteiger charge is -2.19. The van der Waals surface area contributed by atoms with Crippen LogP contribution in [0.3, 0.4) is 0 Å². The van der Waals surface area contributed by atoms with Crippen LogP contribution in [0, 0.1) is 6.92 Å². The number of benzene rings is 1. The number of ether oxygens (including phenoxy) is 1. The smallest absolute Gasteiger partial charge is 0.236 e. The minimum atomic E-state index is -0.236. The van der Waals surface area contributed by atoms with E-state index in [0.717, 1.165) is 22.6 Å². The number of anilines is 1. The van der Waals surface area contributed by atoms with Crippen molar-refractivity contribution in [2.75, 3.05) is 12.4 Å². The average Bonchev–Trinajstić information content (AvgIpc) is 2.66. The summed E-state index contributed by atoms with van der Waals surface area (Å²) < 4.78 is 5.27. The number of carbonyl (C=O) groups is 1. The van der Waals surface area contributed by atoms with Gasteiger partial charge >= 0.3 is 0 Å². The second-order valence-electron chi connectivity index (χ2n) is 4.26. The van der Waals surface area contributed by atoms with Crippen LogP contribution in [0.25, 0.3) is 0 Å². The maximum atomic E-state index is 11.8. The summed E-state index contributed by atoms with van der Waals surface area (Å²) in [5, 5.41) is 5.87. The molecule has 2 aliphatic heterocycles. The summed E-state index contributed by atoms with van der Waals surface area (Å²) in [6.45, 7) is 1.97. The molecule has 0 aromatic heterocycles. The third-order valence-corrected chi connectivity index (χ3v) is 3.25. The highest BCUT2D eigenvalue weighted by Gasteiger charge is 2.39. The fourth-order valence-corrected chi connectivity index (χ4v) is 2.40. The Morgan fingerprint density at radius 3 is 3.00 bits per heavy atom. The molecular formula is C12H13N3O2. The molecule has 2 N–H and O–H groups in total. The molecule has 0 aliphatic carbocycles. The molecule has 0 saturated heterocycles. The van der Waals surface area contributed by atoms with Crippen molar-refractivity contribution < 1.29 is 9.53 Å². The van der Waals surface area contributed by atoms with E-state index in [0.29, 0.717) is 0 Å². The Morgan fingerprint density at radius 2 is 2.24 bits per heavy atom. The number of amides is 1. The van der Waals surface area contributed by atoms with Crippen LogP contribution in [-0.4, -0.2) is 25.5 Å². The second-order valence-corrected chi connectivity index (χ2v) is 4.26. The normalized spacial score (nSPS) is 24.7. The number of aryl methyl sites for hydroxylation is 1. The Labute approximate surface area is 98.9 Å². The lowest BCUT2D eigenvalue weighted by molar-refractivity contribution is -0.121. The number of carbonyl (C=O) groups excluding carboxylic acids is 1. The fourth-order valence-electron chi connectivity index (χ4n) is 2.40. The van der Waals surface area contributed by atoms with Gasteiger partial charge in [-0.2, -0.15) is 0 Å². The van der Waals surface area contributed by atoms with Gasteiger partial charge < -0.3 is 15.4 Å². The highest BCUT2D eigenvalue weighted by atomic mass is 16.5. The first-order valence-corrected chi connectivity index (χ1v) is 5.48. The summed E-state index contributed by atoms with van der Waals surface area (Å²) in [4.78, 5) is 16.1. The number of nitrogens with zero attached hydrogens (tertiary/aromatic N) is 1. The van der Waals surface area contributed by atoms with E-state index in [4.69, 9.17) is 4.74 Å². The predicted octanol–water partition coefficient (Wildman–Crippen LogP) is 0.997. The molecule has 1 aromatic rings. The van der Waals surface area contributed by atoms with E-state index in [9.17, 15) is 4.79 Å². The maximum absolute atomic E-state index is 11.8. The van der Waals surface area contributed by atoms with Crippen LogP contribution in [0.2, 0.25) is 0 Å². The molecule has 0 bridgehead atoms. The van der Waals surface area contributed by atoms with Gasteiger partial charge in [-0.1, -0.05) is 0 Å². The van der Waals surface area contributed by atoms with E-state index in [2.05, 4.69) is 15.6 Å². The number of hydrogen-bond acceptors (Lipinski definition) is 4. The number of fused-ring (bicyclic) bond motifs is 3. The van der Waals surface area contributed by atoms with Gasteiger partial charge in [0.2, 0.25) is 5.91 Å². The second kappa shape index (κ2) is 3.48. The van der Waals surface area contributed by atoms with Gasteiger partial charge in [0, 0.05) is 11.8 Å². The molecule has 0 spiro atoms. The van der Waals surface area contributed by atoms with Gasteiger partial charge in [0.1, 0.15) is 17.8 Å². The van der Waals surface area contributed by atoms with Crippen LogP contribution >= 0.6 is 0 Å². The first kappa shape index (κ1) is 10.1. The standard InChI is InChI=1S/C12H13N3O2/c1-6-3-7-8(4-9(6)17-2)15-11-10(7)12(16)14-5-13-11/h3-5,10-11,15H,1-2H3,(H,13,14,16). The van der Waals surface area contributed by atoms with E-state index in [1.807, 2.05) is 19.1 Å². The summed E-state index contributed by atoms with van der Waals surface area (Å²) in [7, 11) is 1.64. The zero-order chi connectivity index (χ0) is 12.0. The van der Waals surface area contributed by atoms with Gasteiger partial charge in [0.05, 0.1) is 13.4 Å². The van der Waals surface area contributed by atoms with Gasteiger partial charge in [-0.3, -0.25) is 4.79 Å². The molecule has 5 heteroatoms. The fraction of sp³-hybridized carbons (Fsp3) is 0.333. The van der Waals surface area contributed by atoms with Crippen molar-refractivity contribution in [2.24, 2.45) is 4.99 Å². The van der Waals surface area contributed by atoms with Crippen molar-refractivity contribution in [3.05, 3.63) is 23.3 Å². The third-order valence-electron chi connectivity index (χ3n) is 3.25. The van der Waals surface area contributed by atoms with Crippen LogP contribution in [0.4, 0.5) is 5.69 Å². The van der Waals surface area contributed by atoms with Crippen molar-refractivity contribution in [1.82, 2.24) is 5.32 Å². The SMILES string of the molecule is COc1cc2c(cc1C)C1C(=O)NC=NC1N2. The van der Waals surface area contributed by atoms with Crippen LogP contribution in [0.15, 0.2) is 17.1 Å². The zero-order valence-electron chi connectivity index (χ0n) is 9.65. The molecule has 17 heavy (non-hydrogen) atoms. The van der Waals surface area contributed by atoms with Crippen molar-refractivity contribution in [3.63, 3.8) is 0 Å². The zero-order valence-corrected chi connectivity index (χ0v) is 9.65. The van der Waals surface area contributed by atoms with Crippen LogP contribution in [0.5, 0.6) is 5.75 Å². The lowest BCUT2D eigenvalue weighted by atomic mass is 9.95. The first-order chi connectivity index (χ1) is 8.20. The number of nitrogens with one attached hydrogen (secondary N) is 2. The summed E-state index contributed by atoms with van der Waals surface area (Å²) in [5.41, 5.74) is 2.94. The molecule has 3 rings (SSSR count). The van der Waals surface area contributed by atoms with Crippen LogP contribution in [-0.2, 0) is 4.79 Å². The molecule has 0 saturated carbocycles. The van der Waals surface area contributed by atoms with Crippen LogP contribution < -0.4 is 15.4 Å². The van der Waals surface area contributed by atoms with E-state index in [-0.39, 0.29) is 18.0 Å². The van der Waals surface area contributed by atoms with Gasteiger partial charge in [0.15, 0.2) is 0 Å². The number of aliphatic imine (C=N–C) groups is 1. The summed E-state index contributed by atoms with van der Waals surface area (Å²) in [6.07, 6.45) is 1.26. The minimum Gasteiger partial charge on any atom is -0.496 e. The number of hydrogen-bond donors (Lipinski definition) is 2. The molecule has 88 valence electrons. The minimum absolute atomic E-state index is 0.0131. The molecule has 1 aromatic carbocycles. The van der Waals surface area contributed by atoms with Gasteiger partial charge in [-0.15, -0.1) is 0 Å². The van der Waals surface area contributed by atoms with Crippen molar-refractivity contribution in [2.45, 2.75) is 19.0 Å². The number of rotatable bonds is 1. The van der Waals surface area contributed by atoms with Gasteiger partial charge in [-0.05, 0) is 24.1 Å². The monoisotopic (exact) mass is 231 g/mol. The highest BCUT2D eigenvalue weighted by Crippen LogP contribution is 2.40. The van der Waals surface area contributed by atoms with E-state index in [1.165, 1.54) is 6.34 Å². The maximum Gasteiger partial charge on any atom is 0.236 e. The third kappa shape index (κ3) is 1.39. The molecule has 0 fully saturated rings. The summed E-state index contributed by atoms with van der Waals surface area (Å²) in [5.74, 6) is 0.569. The number of methoxy groups -OCH3 is 1. The van der Waals surface area contributed by atoms with Crippen molar-refractivity contribution in [3.8, 4) is 5.75 Å². The molecule has 2 aliphatic rings. The molecule has 2 unspecified atom stereocenters. The van der Waals surface area contributed by atoms with Crippen LogP contribution in [0.1, 0.15) is 17.0 Å². The quantitative estimate of drug-likeness (QED) is 0.757. The largest absolute Gasteiger partial charge is 0.496 e. The van der Waals surface area contributed by atoms with Gasteiger partial charge in [0.25, 0.3) is 0 Å². The molecule has 0 radical (unpaired) electrons. The molecule has 5 nitrogen and oxygen atoms in total. The molecule has 2 heterocycles. The molecule has 1 amide bonds. The highest BCUT2D eigenvalue weighted by molar-refractivity contribution is 5.98. The van der Waals surface area contributed by atoms with Crippen molar-refractivity contribution in [1.29, 1.82) is 0 Å². The lowest BCUT2D eigenvalue weighted by Crippen LogP contribution is -2.39. The predicted molar refractivity (Wildman–Crippen MR) is 64.5 cm³/mol. The summed E-state index contributed by atoms with van der Waals surface area (Å²) >= 11 is 0. The Balaban J connectivity index is 2.11. The van der Waals surface area contributed by atoms with Crippen molar-refractivity contribution >= 4 is 17.9 Å². The topological polar surface area (TPSA) is 62.7 Å². The first-order valence-electron chi connectivity index (χ1n) is 5.48.